The fraction of sp³-hybridized carbons (Fsp3) is 0.100. The molecule has 3 aromatic rings. The Morgan fingerprint density at radius 2 is 1.84 bits per heavy atom. The molecule has 0 radical (unpaired) electrons. The molecule has 5 heteroatoms. The van der Waals surface area contributed by atoms with Crippen LogP contribution in [0.15, 0.2) is 59.6 Å². The molecule has 2 heterocycles. The second-order valence-electron chi connectivity index (χ2n) is 6.07. The quantitative estimate of drug-likeness (QED) is 0.629. The van der Waals surface area contributed by atoms with Gasteiger partial charge in [0.05, 0.1) is 10.6 Å². The van der Waals surface area contributed by atoms with Crippen LogP contribution >= 0.6 is 11.8 Å². The summed E-state index contributed by atoms with van der Waals surface area (Å²) in [5.74, 6) is -0.270. The molecule has 0 saturated carbocycles. The maximum atomic E-state index is 12.8. The number of hydrogen-bond donors (Lipinski definition) is 0. The lowest BCUT2D eigenvalue weighted by atomic mass is 10.1. The number of nitrogens with zero attached hydrogens (tertiary/aromatic N) is 2. The number of carbonyl (C=O) groups excluding carboxylic acids is 2. The number of rotatable bonds is 2. The van der Waals surface area contributed by atoms with Gasteiger partial charge in [-0.2, -0.15) is 0 Å². The van der Waals surface area contributed by atoms with Crippen molar-refractivity contribution in [3.05, 3.63) is 70.8 Å². The van der Waals surface area contributed by atoms with Crippen LogP contribution in [-0.2, 0) is 11.8 Å². The van der Waals surface area contributed by atoms with E-state index in [-0.39, 0.29) is 11.1 Å². The maximum absolute atomic E-state index is 12.8. The Hall–Kier alpha value is -2.79. The van der Waals surface area contributed by atoms with Crippen molar-refractivity contribution in [1.82, 2.24) is 4.57 Å². The topological polar surface area (TPSA) is 42.3 Å². The van der Waals surface area contributed by atoms with Gasteiger partial charge >= 0.3 is 0 Å². The van der Waals surface area contributed by atoms with Gasteiger partial charge in [-0.05, 0) is 48.5 Å². The number of fused-ring (bicyclic) bond motifs is 1. The Kier molecular flexibility index (Phi) is 3.73. The molecule has 0 N–H and O–H groups in total. The minimum Gasteiger partial charge on any atom is -0.350 e. The van der Waals surface area contributed by atoms with Gasteiger partial charge in [0.15, 0.2) is 0 Å². The highest BCUT2D eigenvalue weighted by molar-refractivity contribution is 8.19. The molecule has 0 bridgehead atoms. The van der Waals surface area contributed by atoms with E-state index >= 15 is 0 Å². The van der Waals surface area contributed by atoms with Gasteiger partial charge in [-0.25, -0.2) is 4.90 Å². The predicted octanol–water partition coefficient (Wildman–Crippen LogP) is 4.73. The molecule has 0 spiro atoms. The zero-order valence-electron chi connectivity index (χ0n) is 13.9. The van der Waals surface area contributed by atoms with E-state index in [1.165, 1.54) is 4.90 Å². The van der Waals surface area contributed by atoms with Crippen molar-refractivity contribution in [3.8, 4) is 0 Å². The summed E-state index contributed by atoms with van der Waals surface area (Å²) in [6.45, 7) is 1.94. The minimum absolute atomic E-state index is 0.262. The number of aromatic nitrogens is 1. The van der Waals surface area contributed by atoms with Crippen LogP contribution in [0.4, 0.5) is 10.5 Å². The summed E-state index contributed by atoms with van der Waals surface area (Å²) in [6, 6.07) is 15.4. The predicted molar refractivity (Wildman–Crippen MR) is 103 cm³/mol. The van der Waals surface area contributed by atoms with Crippen LogP contribution in [0, 0.1) is 6.92 Å². The van der Waals surface area contributed by atoms with Gasteiger partial charge in [-0.15, -0.1) is 0 Å². The Balaban J connectivity index is 1.75. The van der Waals surface area contributed by atoms with Crippen molar-refractivity contribution in [1.29, 1.82) is 0 Å². The zero-order chi connectivity index (χ0) is 17.6. The second-order valence-corrected chi connectivity index (χ2v) is 7.06. The summed E-state index contributed by atoms with van der Waals surface area (Å²) >= 11 is 0.984. The number of thioether (sulfide) groups is 1. The molecule has 1 aromatic heterocycles. The molecule has 1 aliphatic heterocycles. The van der Waals surface area contributed by atoms with Crippen LogP contribution in [0.1, 0.15) is 11.1 Å². The molecule has 2 amide bonds. The first-order valence-electron chi connectivity index (χ1n) is 7.93. The van der Waals surface area contributed by atoms with E-state index in [0.717, 1.165) is 33.8 Å². The number of aryl methyl sites for hydroxylation is 2. The Labute approximate surface area is 149 Å². The number of hydrogen-bond acceptors (Lipinski definition) is 3. The Morgan fingerprint density at radius 1 is 1.04 bits per heavy atom. The third kappa shape index (κ3) is 2.66. The van der Waals surface area contributed by atoms with E-state index in [1.807, 2.05) is 73.3 Å². The average Bonchev–Trinajstić information content (AvgIpc) is 3.05. The lowest BCUT2D eigenvalue weighted by molar-refractivity contribution is -0.113. The van der Waals surface area contributed by atoms with Crippen LogP contribution in [-0.4, -0.2) is 15.7 Å². The molecule has 0 atom stereocenters. The third-order valence-electron chi connectivity index (χ3n) is 4.27. The number of imide groups is 1. The van der Waals surface area contributed by atoms with Crippen molar-refractivity contribution < 1.29 is 9.59 Å². The highest BCUT2D eigenvalue weighted by atomic mass is 32.2. The Bertz CT molecular complexity index is 1050. The van der Waals surface area contributed by atoms with Crippen LogP contribution < -0.4 is 4.90 Å². The van der Waals surface area contributed by atoms with E-state index in [2.05, 4.69) is 0 Å². The smallest absolute Gasteiger partial charge is 0.298 e. The standard InChI is InChI=1S/C20H16N2O2S/c1-13-6-5-7-15(10-13)22-19(23)18(25-20(22)24)11-14-12-21(2)17-9-4-3-8-16(14)17/h3-12H,1-2H3. The van der Waals surface area contributed by atoms with E-state index in [1.54, 1.807) is 6.07 Å². The number of amides is 2. The summed E-state index contributed by atoms with van der Waals surface area (Å²) in [6.07, 6.45) is 3.79. The van der Waals surface area contributed by atoms with Gasteiger partial charge in [-0.3, -0.25) is 9.59 Å². The Morgan fingerprint density at radius 3 is 2.64 bits per heavy atom. The summed E-state index contributed by atoms with van der Waals surface area (Å²) in [5.41, 5.74) is 3.65. The van der Waals surface area contributed by atoms with Gasteiger partial charge in [0.2, 0.25) is 0 Å². The fourth-order valence-electron chi connectivity index (χ4n) is 3.09. The van der Waals surface area contributed by atoms with E-state index in [0.29, 0.717) is 10.6 Å². The van der Waals surface area contributed by atoms with Gasteiger partial charge < -0.3 is 4.57 Å². The van der Waals surface area contributed by atoms with E-state index in [9.17, 15) is 9.59 Å². The minimum atomic E-state index is -0.270. The average molecular weight is 348 g/mol. The highest BCUT2D eigenvalue weighted by Crippen LogP contribution is 2.37. The molecule has 0 aliphatic carbocycles. The van der Waals surface area contributed by atoms with E-state index in [4.69, 9.17) is 0 Å². The first kappa shape index (κ1) is 15.7. The molecule has 124 valence electrons. The third-order valence-corrected chi connectivity index (χ3v) is 5.14. The maximum Gasteiger partial charge on any atom is 0.298 e. The number of carbonyl (C=O) groups is 2. The summed E-state index contributed by atoms with van der Waals surface area (Å²) in [7, 11) is 1.97. The number of para-hydroxylation sites is 1. The van der Waals surface area contributed by atoms with Gasteiger partial charge in [0.1, 0.15) is 0 Å². The van der Waals surface area contributed by atoms with Crippen LogP contribution in [0.2, 0.25) is 0 Å². The molecular formula is C20H16N2O2S. The summed E-state index contributed by atoms with van der Waals surface area (Å²) in [4.78, 5) is 26.9. The molecule has 25 heavy (non-hydrogen) atoms. The van der Waals surface area contributed by atoms with Crippen LogP contribution in [0.3, 0.4) is 0 Å². The van der Waals surface area contributed by atoms with Crippen LogP contribution in [0.5, 0.6) is 0 Å². The van der Waals surface area contributed by atoms with Crippen molar-refractivity contribution in [2.75, 3.05) is 4.90 Å². The molecule has 4 rings (SSSR count). The number of benzene rings is 2. The van der Waals surface area contributed by atoms with Crippen molar-refractivity contribution in [3.63, 3.8) is 0 Å². The number of anilines is 1. The lowest BCUT2D eigenvalue weighted by Crippen LogP contribution is -2.27. The lowest BCUT2D eigenvalue weighted by Gasteiger charge is -2.12. The molecule has 1 fully saturated rings. The van der Waals surface area contributed by atoms with E-state index < -0.39 is 0 Å². The zero-order valence-corrected chi connectivity index (χ0v) is 14.7. The van der Waals surface area contributed by atoms with Gasteiger partial charge in [0, 0.05) is 29.7 Å². The largest absolute Gasteiger partial charge is 0.350 e. The second kappa shape index (κ2) is 5.93. The fourth-order valence-corrected chi connectivity index (χ4v) is 3.92. The first-order chi connectivity index (χ1) is 12.0. The SMILES string of the molecule is Cc1cccc(N2C(=O)SC(=Cc3cn(C)c4ccccc34)C2=O)c1. The monoisotopic (exact) mass is 348 g/mol. The highest BCUT2D eigenvalue weighted by Gasteiger charge is 2.36. The molecule has 2 aromatic carbocycles. The molecule has 0 unspecified atom stereocenters. The normalized spacial score (nSPS) is 16.4. The van der Waals surface area contributed by atoms with Gasteiger partial charge in [-0.1, -0.05) is 30.3 Å². The first-order valence-corrected chi connectivity index (χ1v) is 8.75. The van der Waals surface area contributed by atoms with Crippen LogP contribution in [0.25, 0.3) is 17.0 Å². The molecule has 1 aliphatic rings. The molecule has 4 nitrogen and oxygen atoms in total. The summed E-state index contributed by atoms with van der Waals surface area (Å²) < 4.78 is 2.02. The molecule has 1 saturated heterocycles. The molecular weight excluding hydrogens is 332 g/mol. The van der Waals surface area contributed by atoms with Crippen molar-refractivity contribution in [2.45, 2.75) is 6.92 Å². The van der Waals surface area contributed by atoms with Crippen molar-refractivity contribution >= 4 is 45.6 Å². The van der Waals surface area contributed by atoms with Crippen molar-refractivity contribution in [2.24, 2.45) is 7.05 Å². The summed E-state index contributed by atoms with van der Waals surface area (Å²) in [5, 5.41) is 0.800. The van der Waals surface area contributed by atoms with Gasteiger partial charge in [0.25, 0.3) is 11.1 Å².